The average molecular weight is 454 g/mol. The van der Waals surface area contributed by atoms with Gasteiger partial charge in [0.25, 0.3) is 0 Å². The van der Waals surface area contributed by atoms with Gasteiger partial charge in [0.1, 0.15) is 11.3 Å². The predicted molar refractivity (Wildman–Crippen MR) is 140 cm³/mol. The van der Waals surface area contributed by atoms with E-state index in [9.17, 15) is 4.79 Å². The Morgan fingerprint density at radius 3 is 2.56 bits per heavy atom. The largest absolute Gasteiger partial charge is 0.493 e. The first-order chi connectivity index (χ1) is 16.4. The van der Waals surface area contributed by atoms with E-state index in [4.69, 9.17) is 9.15 Å². The molecule has 0 atom stereocenters. The van der Waals surface area contributed by atoms with Crippen molar-refractivity contribution in [1.29, 1.82) is 0 Å². The van der Waals surface area contributed by atoms with E-state index < -0.39 is 0 Å². The highest BCUT2D eigenvalue weighted by Crippen LogP contribution is 2.38. The number of fused-ring (bicyclic) bond motifs is 1. The number of carbonyl (C=O) groups excluding carboxylic acids is 1. The van der Waals surface area contributed by atoms with Gasteiger partial charge in [0.2, 0.25) is 5.91 Å². The third-order valence-corrected chi connectivity index (χ3v) is 6.08. The average Bonchev–Trinajstić information content (AvgIpc) is 3.21. The quantitative estimate of drug-likeness (QED) is 0.291. The fraction of sp³-hybridized carbons (Fsp3) is 0.233. The third kappa shape index (κ3) is 4.76. The summed E-state index contributed by atoms with van der Waals surface area (Å²) in [6.07, 6.45) is 4.29. The maximum absolute atomic E-state index is 12.9. The summed E-state index contributed by atoms with van der Waals surface area (Å²) in [6.45, 7) is 10.7. The number of furan rings is 1. The van der Waals surface area contributed by atoms with Crippen molar-refractivity contribution in [3.05, 3.63) is 89.2 Å². The van der Waals surface area contributed by atoms with Crippen molar-refractivity contribution in [2.75, 3.05) is 11.9 Å². The van der Waals surface area contributed by atoms with Crippen molar-refractivity contribution in [2.45, 2.75) is 41.0 Å². The number of rotatable bonds is 7. The Balaban J connectivity index is 1.75. The molecular formula is C30H31NO3. The minimum Gasteiger partial charge on any atom is -0.493 e. The monoisotopic (exact) mass is 453 g/mol. The molecule has 174 valence electrons. The molecule has 1 amide bonds. The van der Waals surface area contributed by atoms with Crippen molar-refractivity contribution in [3.8, 4) is 16.9 Å². The minimum atomic E-state index is -0.164. The lowest BCUT2D eigenvalue weighted by molar-refractivity contribution is -0.111. The molecule has 0 unspecified atom stereocenters. The van der Waals surface area contributed by atoms with Crippen molar-refractivity contribution in [2.24, 2.45) is 0 Å². The number of benzene rings is 3. The van der Waals surface area contributed by atoms with Gasteiger partial charge in [-0.1, -0.05) is 48.9 Å². The maximum Gasteiger partial charge on any atom is 0.248 e. The van der Waals surface area contributed by atoms with Crippen LogP contribution in [0.15, 0.2) is 71.4 Å². The Morgan fingerprint density at radius 1 is 1.03 bits per heavy atom. The number of hydrogen-bond acceptors (Lipinski definition) is 3. The molecule has 4 aromatic rings. The number of nitrogens with one attached hydrogen (secondary N) is 1. The molecule has 4 nitrogen and oxygen atoms in total. The second-order valence-corrected chi connectivity index (χ2v) is 8.57. The van der Waals surface area contributed by atoms with Gasteiger partial charge in [0.05, 0.1) is 12.9 Å². The minimum absolute atomic E-state index is 0.164. The van der Waals surface area contributed by atoms with Crippen LogP contribution in [0.3, 0.4) is 0 Å². The molecule has 0 aliphatic carbocycles. The Morgan fingerprint density at radius 2 is 1.82 bits per heavy atom. The highest BCUT2D eigenvalue weighted by atomic mass is 16.5. The molecule has 3 aromatic carbocycles. The molecule has 4 rings (SSSR count). The lowest BCUT2D eigenvalue weighted by Gasteiger charge is -2.13. The third-order valence-electron chi connectivity index (χ3n) is 6.08. The van der Waals surface area contributed by atoms with Crippen LogP contribution < -0.4 is 10.1 Å². The zero-order valence-electron chi connectivity index (χ0n) is 20.5. The zero-order valence-corrected chi connectivity index (χ0v) is 20.5. The summed E-state index contributed by atoms with van der Waals surface area (Å²) in [4.78, 5) is 12.9. The van der Waals surface area contributed by atoms with E-state index in [-0.39, 0.29) is 5.91 Å². The van der Waals surface area contributed by atoms with Gasteiger partial charge < -0.3 is 14.5 Å². The number of para-hydroxylation sites is 1. The Hall–Kier alpha value is -3.79. The van der Waals surface area contributed by atoms with Crippen molar-refractivity contribution in [3.63, 3.8) is 0 Å². The van der Waals surface area contributed by atoms with Crippen molar-refractivity contribution < 1.29 is 13.9 Å². The van der Waals surface area contributed by atoms with E-state index in [1.54, 1.807) is 12.3 Å². The van der Waals surface area contributed by atoms with Gasteiger partial charge in [-0.15, -0.1) is 0 Å². The van der Waals surface area contributed by atoms with Crippen LogP contribution in [-0.2, 0) is 11.2 Å². The first-order valence-corrected chi connectivity index (χ1v) is 11.7. The molecule has 0 aliphatic heterocycles. The predicted octanol–water partition coefficient (Wildman–Crippen LogP) is 7.72. The molecule has 0 fully saturated rings. The van der Waals surface area contributed by atoms with E-state index in [0.29, 0.717) is 12.4 Å². The molecule has 0 saturated heterocycles. The molecule has 0 bridgehead atoms. The van der Waals surface area contributed by atoms with E-state index in [1.165, 1.54) is 11.1 Å². The van der Waals surface area contributed by atoms with Crippen LogP contribution in [0.25, 0.3) is 27.7 Å². The fourth-order valence-electron chi connectivity index (χ4n) is 4.36. The number of amides is 1. The molecule has 0 spiro atoms. The van der Waals surface area contributed by atoms with Crippen molar-refractivity contribution >= 4 is 28.1 Å². The lowest BCUT2D eigenvalue weighted by atomic mass is 9.96. The number of anilines is 1. The summed E-state index contributed by atoms with van der Waals surface area (Å²) in [6, 6.07) is 18.3. The smallest absolute Gasteiger partial charge is 0.248 e. The number of carbonyl (C=O) groups is 1. The Labute approximate surface area is 201 Å². The summed E-state index contributed by atoms with van der Waals surface area (Å²) in [5, 5.41) is 4.02. The van der Waals surface area contributed by atoms with E-state index in [1.807, 2.05) is 44.2 Å². The molecule has 1 N–H and O–H groups in total. The normalized spacial score (nSPS) is 11.6. The highest BCUT2D eigenvalue weighted by molar-refractivity contribution is 6.05. The molecule has 34 heavy (non-hydrogen) atoms. The van der Waals surface area contributed by atoms with Crippen molar-refractivity contribution in [1.82, 2.24) is 0 Å². The summed E-state index contributed by atoms with van der Waals surface area (Å²) >= 11 is 0. The molecule has 0 radical (unpaired) electrons. The number of aryl methyl sites for hydroxylation is 3. The lowest BCUT2D eigenvalue weighted by Crippen LogP contribution is -2.10. The van der Waals surface area contributed by atoms with Gasteiger partial charge in [-0.25, -0.2) is 0 Å². The fourth-order valence-corrected chi connectivity index (χ4v) is 4.36. The first-order valence-electron chi connectivity index (χ1n) is 11.7. The molecule has 1 heterocycles. The summed E-state index contributed by atoms with van der Waals surface area (Å²) in [5.74, 6) is 0.537. The number of ether oxygens (including phenoxy) is 1. The SMILES string of the molecule is CCOc1cc2occ(-c3ccc(C)cc3C)c2cc1/C(C)=C/C(=O)Nc1ccccc1CC. The van der Waals surface area contributed by atoms with Gasteiger partial charge in [0, 0.05) is 34.3 Å². The van der Waals surface area contributed by atoms with E-state index in [0.717, 1.165) is 50.9 Å². The van der Waals surface area contributed by atoms with E-state index >= 15 is 0 Å². The van der Waals surface area contributed by atoms with Gasteiger partial charge in [-0.3, -0.25) is 4.79 Å². The highest BCUT2D eigenvalue weighted by Gasteiger charge is 2.16. The Bertz CT molecular complexity index is 1380. The van der Waals surface area contributed by atoms with Gasteiger partial charge >= 0.3 is 0 Å². The van der Waals surface area contributed by atoms with Crippen LogP contribution in [0.5, 0.6) is 5.75 Å². The molecule has 0 saturated carbocycles. The van der Waals surface area contributed by atoms with Crippen LogP contribution >= 0.6 is 0 Å². The van der Waals surface area contributed by atoms with Gasteiger partial charge in [-0.05, 0) is 68.5 Å². The van der Waals surface area contributed by atoms with Crippen LogP contribution in [-0.4, -0.2) is 12.5 Å². The summed E-state index contributed by atoms with van der Waals surface area (Å²) in [7, 11) is 0. The van der Waals surface area contributed by atoms with Crippen LogP contribution in [0.2, 0.25) is 0 Å². The van der Waals surface area contributed by atoms with Crippen LogP contribution in [0, 0.1) is 13.8 Å². The summed E-state index contributed by atoms with van der Waals surface area (Å²) in [5.41, 5.74) is 8.99. The second-order valence-electron chi connectivity index (χ2n) is 8.57. The molecule has 4 heteroatoms. The number of hydrogen-bond donors (Lipinski definition) is 1. The zero-order chi connectivity index (χ0) is 24.2. The maximum atomic E-state index is 12.9. The standard InChI is InChI=1S/C30H31NO3/c1-6-22-10-8-9-11-27(22)31-30(32)15-21(5)24-16-25-26(23-13-12-19(3)14-20(23)4)18-34-29(25)17-28(24)33-7-2/h8-18H,6-7H2,1-5H3,(H,31,32)/b21-15+. The van der Waals surface area contributed by atoms with Gasteiger partial charge in [0.15, 0.2) is 0 Å². The molecule has 1 aromatic heterocycles. The van der Waals surface area contributed by atoms with Gasteiger partial charge in [-0.2, -0.15) is 0 Å². The van der Waals surface area contributed by atoms with E-state index in [2.05, 4.69) is 50.4 Å². The Kier molecular flexibility index (Phi) is 6.87. The topological polar surface area (TPSA) is 51.5 Å². The van der Waals surface area contributed by atoms with Crippen LogP contribution in [0.1, 0.15) is 43.0 Å². The second kappa shape index (κ2) is 10.0. The first kappa shape index (κ1) is 23.4. The summed E-state index contributed by atoms with van der Waals surface area (Å²) < 4.78 is 11.8. The van der Waals surface area contributed by atoms with Crippen LogP contribution in [0.4, 0.5) is 5.69 Å². The number of allylic oxidation sites excluding steroid dienone is 1. The molecular weight excluding hydrogens is 422 g/mol. The molecule has 0 aliphatic rings.